The molecule has 0 saturated carbocycles. The van der Waals surface area contributed by atoms with Gasteiger partial charge in [-0.2, -0.15) is 0 Å². The van der Waals surface area contributed by atoms with Crippen molar-refractivity contribution in [2.45, 2.75) is 125 Å². The van der Waals surface area contributed by atoms with Crippen molar-refractivity contribution in [2.75, 3.05) is 39.4 Å². The SMILES string of the molecule is CCC[CH2][Sn](/[CH]=C/c1cc(-c2cc(F)cnc2OC)cc(C(C)(C)C)c1OC)([CH2]CCC)[CH2]CCC.COc1ncc(F)cc1-c1cc(/C=C/c2ccc(NS(C)(=O)=O)cc2F)c(OC)c(C(C)(C)C)c1. The number of unbranched alkanes of at least 4 members (excludes halogenated alkanes) is 3. The predicted molar refractivity (Wildman–Crippen MR) is 291 cm³/mol. The number of ether oxygens (including phenoxy) is 4. The molecule has 0 amide bonds. The Morgan fingerprint density at radius 3 is 1.38 bits per heavy atom. The first-order valence-corrected chi connectivity index (χ1v) is 34.1. The van der Waals surface area contributed by atoms with Crippen molar-refractivity contribution in [2.24, 2.45) is 0 Å². The van der Waals surface area contributed by atoms with Gasteiger partial charge in [-0.25, -0.2) is 22.2 Å². The van der Waals surface area contributed by atoms with E-state index >= 15 is 0 Å². The van der Waals surface area contributed by atoms with Crippen molar-refractivity contribution in [3.05, 3.63) is 116 Å². The third kappa shape index (κ3) is 16.5. The van der Waals surface area contributed by atoms with Crippen LogP contribution in [0.2, 0.25) is 13.3 Å². The maximum absolute atomic E-state index is 14.7. The number of hydrogen-bond donors (Lipinski definition) is 1. The van der Waals surface area contributed by atoms with E-state index in [0.29, 0.717) is 33.9 Å². The molecule has 9 nitrogen and oxygen atoms in total. The largest absolute Gasteiger partial charge is 0.496 e. The van der Waals surface area contributed by atoms with Crippen LogP contribution in [0.5, 0.6) is 23.3 Å². The summed E-state index contributed by atoms with van der Waals surface area (Å²) in [6, 6.07) is 14.8. The van der Waals surface area contributed by atoms with Gasteiger partial charge in [0.2, 0.25) is 15.9 Å². The molecular weight excluding hydrogens is 1030 g/mol. The topological polar surface area (TPSA) is 109 Å². The van der Waals surface area contributed by atoms with E-state index in [9.17, 15) is 21.6 Å². The van der Waals surface area contributed by atoms with Gasteiger partial charge < -0.3 is 9.47 Å². The molecule has 0 aliphatic rings. The zero-order valence-electron chi connectivity index (χ0n) is 44.4. The van der Waals surface area contributed by atoms with Gasteiger partial charge >= 0.3 is 225 Å². The number of nitrogens with one attached hydrogen (secondary N) is 1. The maximum Gasteiger partial charge on any atom is 0.229 e. The molecule has 1 N–H and O–H groups in total. The van der Waals surface area contributed by atoms with Gasteiger partial charge in [-0.05, 0) is 47.4 Å². The normalized spacial score (nSPS) is 12.2. The van der Waals surface area contributed by atoms with Gasteiger partial charge in [0.25, 0.3) is 0 Å². The van der Waals surface area contributed by atoms with Gasteiger partial charge in [0, 0.05) is 22.3 Å². The number of methoxy groups -OCH3 is 4. The summed E-state index contributed by atoms with van der Waals surface area (Å²) in [6.45, 7) is 19.6. The number of nitrogens with zero attached hydrogens (tertiary/aromatic N) is 2. The molecule has 0 unspecified atom stereocenters. The van der Waals surface area contributed by atoms with E-state index in [-0.39, 0.29) is 33.8 Å². The van der Waals surface area contributed by atoms with Crippen LogP contribution in [0.4, 0.5) is 18.9 Å². The number of rotatable bonds is 21. The van der Waals surface area contributed by atoms with Crippen molar-refractivity contribution in [3.8, 4) is 45.5 Å². The van der Waals surface area contributed by atoms with E-state index < -0.39 is 40.0 Å². The average Bonchev–Trinajstić information content (AvgIpc) is 3.31. The summed E-state index contributed by atoms with van der Waals surface area (Å²) in [7, 11) is 2.83. The summed E-state index contributed by atoms with van der Waals surface area (Å²) in [5, 5.41) is 0. The second-order valence-electron chi connectivity index (χ2n) is 20.2. The molecule has 0 aliphatic heterocycles. The first kappa shape index (κ1) is 58.5. The molecule has 2 aromatic heterocycles. The minimum Gasteiger partial charge on any atom is -0.496 e. The number of hydrogen-bond acceptors (Lipinski definition) is 8. The molecular formula is C57H76F3N3O6SSn. The van der Waals surface area contributed by atoms with Gasteiger partial charge in [0.15, 0.2) is 0 Å². The average molecular weight is 1110 g/mol. The Kier molecular flexibility index (Phi) is 21.5. The van der Waals surface area contributed by atoms with Crippen LogP contribution in [-0.2, 0) is 20.9 Å². The van der Waals surface area contributed by atoms with E-state index in [2.05, 4.69) is 78.5 Å². The summed E-state index contributed by atoms with van der Waals surface area (Å²) >= 11 is -2.51. The Bertz CT molecular complexity index is 2730. The van der Waals surface area contributed by atoms with Crippen LogP contribution >= 0.6 is 0 Å². The summed E-state index contributed by atoms with van der Waals surface area (Å²) < 4.78 is 97.6. The van der Waals surface area contributed by atoms with Crippen LogP contribution in [0.25, 0.3) is 40.5 Å². The van der Waals surface area contributed by atoms with E-state index in [1.165, 1.54) is 89.4 Å². The second-order valence-corrected chi connectivity index (χ2v) is 34.9. The fraction of sp³-hybridized carbons (Fsp3) is 0.439. The minimum atomic E-state index is -3.52. The van der Waals surface area contributed by atoms with Gasteiger partial charge in [0.05, 0.1) is 32.4 Å². The van der Waals surface area contributed by atoms with Crippen molar-refractivity contribution >= 4 is 52.3 Å². The zero-order valence-corrected chi connectivity index (χ0v) is 48.1. The van der Waals surface area contributed by atoms with Crippen LogP contribution in [0, 0.1) is 17.5 Å². The molecule has 0 radical (unpaired) electrons. The number of sulfonamides is 1. The Hall–Kier alpha value is -5.02. The van der Waals surface area contributed by atoms with Gasteiger partial charge in [-0.3, -0.25) is 4.72 Å². The molecule has 0 saturated heterocycles. The molecule has 71 heavy (non-hydrogen) atoms. The smallest absolute Gasteiger partial charge is 0.229 e. The van der Waals surface area contributed by atoms with Crippen LogP contribution in [-0.4, -0.2) is 71.5 Å². The Morgan fingerprint density at radius 1 is 0.592 bits per heavy atom. The van der Waals surface area contributed by atoms with E-state index in [1.54, 1.807) is 39.5 Å². The van der Waals surface area contributed by atoms with E-state index in [0.717, 1.165) is 46.5 Å². The molecule has 5 aromatic rings. The molecule has 14 heteroatoms. The quantitative estimate of drug-likeness (QED) is 0.0572. The fourth-order valence-electron chi connectivity index (χ4n) is 8.62. The maximum atomic E-state index is 14.7. The van der Waals surface area contributed by atoms with Crippen LogP contribution < -0.4 is 23.7 Å². The monoisotopic (exact) mass is 1110 g/mol. The summed E-state index contributed by atoms with van der Waals surface area (Å²) in [5.41, 5.74) is 6.26. The number of halogens is 3. The first-order valence-electron chi connectivity index (χ1n) is 24.5. The summed E-state index contributed by atoms with van der Waals surface area (Å²) in [5.74, 6) is 0.729. The molecule has 2 heterocycles. The Balaban J connectivity index is 0.000000309. The van der Waals surface area contributed by atoms with E-state index in [4.69, 9.17) is 18.9 Å². The van der Waals surface area contributed by atoms with Crippen LogP contribution in [0.1, 0.15) is 129 Å². The zero-order chi connectivity index (χ0) is 52.7. The van der Waals surface area contributed by atoms with Gasteiger partial charge in [0.1, 0.15) is 17.4 Å². The summed E-state index contributed by atoms with van der Waals surface area (Å²) in [6.07, 6.45) is 16.6. The Morgan fingerprint density at radius 2 is 1.01 bits per heavy atom. The van der Waals surface area contributed by atoms with Crippen molar-refractivity contribution in [1.29, 1.82) is 0 Å². The third-order valence-corrected chi connectivity index (χ3v) is 27.0. The molecule has 0 atom stereocenters. The van der Waals surface area contributed by atoms with Crippen LogP contribution in [0.3, 0.4) is 0 Å². The predicted octanol–water partition coefficient (Wildman–Crippen LogP) is 15.5. The number of anilines is 1. The number of pyridine rings is 2. The van der Waals surface area contributed by atoms with Crippen molar-refractivity contribution < 1.29 is 40.5 Å². The molecule has 0 fully saturated rings. The summed E-state index contributed by atoms with van der Waals surface area (Å²) in [4.78, 5) is 8.22. The van der Waals surface area contributed by atoms with Crippen molar-refractivity contribution in [1.82, 2.24) is 9.97 Å². The number of benzene rings is 3. The molecule has 3 aromatic carbocycles. The van der Waals surface area contributed by atoms with Gasteiger partial charge in [-0.1, -0.05) is 32.9 Å². The Labute approximate surface area is 426 Å². The number of aromatic nitrogens is 2. The minimum absolute atomic E-state index is 0.127. The van der Waals surface area contributed by atoms with Gasteiger partial charge in [-0.15, -0.1) is 0 Å². The third-order valence-electron chi connectivity index (χ3n) is 12.4. The van der Waals surface area contributed by atoms with Crippen LogP contribution in [0.15, 0.2) is 71.1 Å². The van der Waals surface area contributed by atoms with Crippen molar-refractivity contribution in [3.63, 3.8) is 0 Å². The standard InChI is InChI=1S/C26H28F2N2O4S.C19H21FNO2.3C4H9.Sn/c1-26(2,3)22-12-18(21-13-19(27)15-29-25(21)34-5)11-17(24(22)33-4)8-7-16-9-10-20(14-23(16)28)30-35(6,31)32;1-7-12-8-13(9-16(17(12)22-5)19(2,3)4)15-10-14(20)11-21-18(15)23-6;3*1-3-4-2;/h7-15,30H,1-6H3;1,7-11H,2-6H3;3*1,3-4H2,2H3;/b8-7+;;;;;. The molecule has 0 spiro atoms. The molecule has 5 rings (SSSR count). The van der Waals surface area contributed by atoms with E-state index in [1.807, 2.05) is 26.8 Å². The first-order chi connectivity index (χ1) is 33.5. The fourth-order valence-corrected chi connectivity index (χ4v) is 23.3. The molecule has 386 valence electrons. The molecule has 0 bridgehead atoms. The molecule has 0 aliphatic carbocycles. The second kappa shape index (κ2) is 26.1.